The molecule has 0 saturated heterocycles. The molecule has 22 heavy (non-hydrogen) atoms. The van der Waals surface area contributed by atoms with E-state index in [9.17, 15) is 4.79 Å². The number of hydrogen-bond donors (Lipinski definition) is 1. The first-order valence-electron chi connectivity index (χ1n) is 6.88. The van der Waals surface area contributed by atoms with Gasteiger partial charge in [-0.1, -0.05) is 25.2 Å². The molecule has 114 valence electrons. The Morgan fingerprint density at radius 2 is 1.95 bits per heavy atom. The van der Waals surface area contributed by atoms with Crippen LogP contribution < -0.4 is 5.32 Å². The summed E-state index contributed by atoms with van der Waals surface area (Å²) in [7, 11) is 0. The first-order chi connectivity index (χ1) is 10.5. The molecule has 0 aliphatic rings. The van der Waals surface area contributed by atoms with Gasteiger partial charge in [0.2, 0.25) is 4.96 Å². The van der Waals surface area contributed by atoms with Crippen LogP contribution in [-0.2, 0) is 0 Å². The van der Waals surface area contributed by atoms with Gasteiger partial charge in [0.1, 0.15) is 10.7 Å². The number of fused-ring (bicyclic) bond motifs is 1. The second kappa shape index (κ2) is 5.96. The fourth-order valence-corrected chi connectivity index (χ4v) is 3.56. The summed E-state index contributed by atoms with van der Waals surface area (Å²) in [5.41, 5.74) is 1.68. The van der Waals surface area contributed by atoms with Crippen LogP contribution in [-0.4, -0.2) is 20.5 Å². The van der Waals surface area contributed by atoms with Gasteiger partial charge in [0.05, 0.1) is 0 Å². The first-order valence-corrected chi connectivity index (χ1v) is 8.78. The molecule has 0 spiro atoms. The Hall–Kier alpha value is -1.48. The van der Waals surface area contributed by atoms with E-state index < -0.39 is 0 Å². The zero-order valence-corrected chi connectivity index (χ0v) is 15.4. The zero-order chi connectivity index (χ0) is 15.9. The number of thiazole rings is 1. The summed E-state index contributed by atoms with van der Waals surface area (Å²) in [5.74, 6) is 1.04. The number of nitrogens with one attached hydrogen (secondary N) is 1. The summed E-state index contributed by atoms with van der Waals surface area (Å²) < 4.78 is 3.10. The van der Waals surface area contributed by atoms with Crippen LogP contribution in [0.4, 0.5) is 5.69 Å². The number of hydrogen-bond acceptors (Lipinski definition) is 4. The highest BCUT2D eigenvalue weighted by atomic mass is 127. The fourth-order valence-electron chi connectivity index (χ4n) is 2.23. The highest BCUT2D eigenvalue weighted by molar-refractivity contribution is 14.1. The average molecular weight is 426 g/mol. The van der Waals surface area contributed by atoms with Crippen molar-refractivity contribution in [3.05, 3.63) is 44.2 Å². The maximum absolute atomic E-state index is 12.5. The van der Waals surface area contributed by atoms with Crippen LogP contribution >= 0.6 is 33.9 Å². The van der Waals surface area contributed by atoms with Gasteiger partial charge >= 0.3 is 0 Å². The molecule has 1 N–H and O–H groups in total. The number of amides is 1. The van der Waals surface area contributed by atoms with Crippen LogP contribution in [0.3, 0.4) is 0 Å². The van der Waals surface area contributed by atoms with E-state index in [1.165, 1.54) is 11.3 Å². The van der Waals surface area contributed by atoms with E-state index in [2.05, 4.69) is 52.0 Å². The molecule has 0 saturated carbocycles. The van der Waals surface area contributed by atoms with Gasteiger partial charge in [-0.2, -0.15) is 0 Å². The summed E-state index contributed by atoms with van der Waals surface area (Å²) in [6.45, 7) is 6.07. The molecule has 0 bridgehead atoms. The lowest BCUT2D eigenvalue weighted by atomic mass is 10.2. The third-order valence-corrected chi connectivity index (χ3v) is 5.19. The number of carbonyl (C=O) groups excluding carboxylic acids is 1. The van der Waals surface area contributed by atoms with E-state index >= 15 is 0 Å². The molecule has 2 heterocycles. The molecule has 0 aliphatic carbocycles. The molecular formula is C15H15IN4OS. The third-order valence-electron chi connectivity index (χ3n) is 3.34. The number of nitrogens with zero attached hydrogens (tertiary/aromatic N) is 3. The summed E-state index contributed by atoms with van der Waals surface area (Å²) in [4.78, 5) is 13.9. The minimum absolute atomic E-state index is 0.107. The van der Waals surface area contributed by atoms with Gasteiger partial charge in [0, 0.05) is 20.9 Å². The van der Waals surface area contributed by atoms with Crippen LogP contribution in [0.1, 0.15) is 41.0 Å². The predicted octanol–water partition coefficient (Wildman–Crippen LogP) is 4.08. The minimum atomic E-state index is -0.107. The van der Waals surface area contributed by atoms with Crippen molar-refractivity contribution in [1.29, 1.82) is 0 Å². The van der Waals surface area contributed by atoms with Crippen molar-refractivity contribution in [2.45, 2.75) is 26.7 Å². The molecule has 7 heteroatoms. The molecular weight excluding hydrogens is 411 g/mol. The van der Waals surface area contributed by atoms with Gasteiger partial charge in [0.15, 0.2) is 0 Å². The van der Waals surface area contributed by atoms with Gasteiger partial charge in [-0.15, -0.1) is 10.2 Å². The van der Waals surface area contributed by atoms with Crippen molar-refractivity contribution >= 4 is 50.5 Å². The number of carbonyl (C=O) groups is 1. The molecule has 1 amide bonds. The SMILES string of the molecule is Cc1c(C(=O)Nc2ccc(I)cc2)sc2nnc(C(C)C)n12. The van der Waals surface area contributed by atoms with Gasteiger partial charge in [-0.25, -0.2) is 0 Å². The van der Waals surface area contributed by atoms with Crippen molar-refractivity contribution in [3.63, 3.8) is 0 Å². The zero-order valence-electron chi connectivity index (χ0n) is 12.4. The second-order valence-electron chi connectivity index (χ2n) is 5.31. The lowest BCUT2D eigenvalue weighted by Gasteiger charge is -2.05. The molecule has 0 aliphatic heterocycles. The van der Waals surface area contributed by atoms with Crippen LogP contribution in [0.2, 0.25) is 0 Å². The molecule has 1 aromatic carbocycles. The van der Waals surface area contributed by atoms with Crippen LogP contribution in [0, 0.1) is 10.5 Å². The highest BCUT2D eigenvalue weighted by Gasteiger charge is 2.20. The maximum atomic E-state index is 12.5. The molecule has 2 aromatic heterocycles. The standard InChI is InChI=1S/C15H15IN4OS/c1-8(2)13-18-19-15-20(13)9(3)12(22-15)14(21)17-11-6-4-10(16)5-7-11/h4-8H,1-3H3,(H,17,21). The van der Waals surface area contributed by atoms with E-state index in [-0.39, 0.29) is 11.8 Å². The number of aryl methyl sites for hydroxylation is 1. The van der Waals surface area contributed by atoms with E-state index in [1.807, 2.05) is 35.6 Å². The molecule has 0 fully saturated rings. The Morgan fingerprint density at radius 3 is 2.59 bits per heavy atom. The van der Waals surface area contributed by atoms with Crippen LogP contribution in [0.25, 0.3) is 4.96 Å². The van der Waals surface area contributed by atoms with Crippen molar-refractivity contribution in [1.82, 2.24) is 14.6 Å². The number of aromatic nitrogens is 3. The quantitative estimate of drug-likeness (QED) is 0.643. The Balaban J connectivity index is 1.94. The topological polar surface area (TPSA) is 59.3 Å². The Kier molecular flexibility index (Phi) is 4.18. The van der Waals surface area contributed by atoms with Gasteiger partial charge in [-0.3, -0.25) is 9.20 Å². The highest BCUT2D eigenvalue weighted by Crippen LogP contribution is 2.26. The molecule has 0 atom stereocenters. The second-order valence-corrected chi connectivity index (χ2v) is 7.53. The summed E-state index contributed by atoms with van der Waals surface area (Å²) in [5, 5.41) is 11.3. The first kappa shape index (κ1) is 15.4. The number of anilines is 1. The Bertz CT molecular complexity index is 835. The monoisotopic (exact) mass is 426 g/mol. The predicted molar refractivity (Wildman–Crippen MR) is 96.8 cm³/mol. The minimum Gasteiger partial charge on any atom is -0.321 e. The normalized spacial score (nSPS) is 11.3. The third kappa shape index (κ3) is 2.74. The lowest BCUT2D eigenvalue weighted by molar-refractivity contribution is 0.102. The number of halogens is 1. The van der Waals surface area contributed by atoms with E-state index in [0.717, 1.165) is 25.7 Å². The van der Waals surface area contributed by atoms with Crippen molar-refractivity contribution in [2.24, 2.45) is 0 Å². The fraction of sp³-hybridized carbons (Fsp3) is 0.267. The summed E-state index contributed by atoms with van der Waals surface area (Å²) >= 11 is 3.60. The lowest BCUT2D eigenvalue weighted by Crippen LogP contribution is -2.12. The summed E-state index contributed by atoms with van der Waals surface area (Å²) in [6, 6.07) is 7.72. The van der Waals surface area contributed by atoms with E-state index in [1.54, 1.807) is 0 Å². The van der Waals surface area contributed by atoms with E-state index in [4.69, 9.17) is 0 Å². The molecule has 3 aromatic rings. The van der Waals surface area contributed by atoms with Gasteiger partial charge < -0.3 is 5.32 Å². The smallest absolute Gasteiger partial charge is 0.267 e. The van der Waals surface area contributed by atoms with Crippen molar-refractivity contribution < 1.29 is 4.79 Å². The number of rotatable bonds is 3. The maximum Gasteiger partial charge on any atom is 0.267 e. The van der Waals surface area contributed by atoms with Crippen molar-refractivity contribution in [3.8, 4) is 0 Å². The summed E-state index contributed by atoms with van der Waals surface area (Å²) in [6.07, 6.45) is 0. The molecule has 0 unspecified atom stereocenters. The molecule has 3 rings (SSSR count). The van der Waals surface area contributed by atoms with E-state index in [0.29, 0.717) is 4.88 Å². The Morgan fingerprint density at radius 1 is 1.27 bits per heavy atom. The van der Waals surface area contributed by atoms with Crippen molar-refractivity contribution in [2.75, 3.05) is 5.32 Å². The largest absolute Gasteiger partial charge is 0.321 e. The molecule has 0 radical (unpaired) electrons. The van der Waals surface area contributed by atoms with Gasteiger partial charge in [-0.05, 0) is 53.8 Å². The van der Waals surface area contributed by atoms with Gasteiger partial charge in [0.25, 0.3) is 5.91 Å². The average Bonchev–Trinajstić information content (AvgIpc) is 3.02. The molecule has 5 nitrogen and oxygen atoms in total. The Labute approximate surface area is 145 Å². The number of benzene rings is 1. The van der Waals surface area contributed by atoms with Crippen LogP contribution in [0.15, 0.2) is 24.3 Å². The van der Waals surface area contributed by atoms with Crippen LogP contribution in [0.5, 0.6) is 0 Å².